The first-order chi connectivity index (χ1) is 10.2. The van der Waals surface area contributed by atoms with Crippen molar-refractivity contribution >= 4 is 29.2 Å². The largest absolute Gasteiger partial charge is 0.464 e. The molecular weight excluding hydrogens is 294 g/mol. The summed E-state index contributed by atoms with van der Waals surface area (Å²) in [6.45, 7) is 4.09. The summed E-state index contributed by atoms with van der Waals surface area (Å²) >= 11 is 5.95. The number of hydrogen-bond donors (Lipinski definition) is 1. The Morgan fingerprint density at radius 3 is 3.24 bits per heavy atom. The van der Waals surface area contributed by atoms with Gasteiger partial charge in [0.05, 0.1) is 11.6 Å². The van der Waals surface area contributed by atoms with E-state index in [1.165, 1.54) is 0 Å². The number of carbonyl (C=O) groups excluding carboxylic acids is 1. The van der Waals surface area contributed by atoms with Gasteiger partial charge in [0.2, 0.25) is 5.95 Å². The number of nitrogens with one attached hydrogen (secondary N) is 1. The Balaban J connectivity index is 1.92. The highest BCUT2D eigenvalue weighted by Crippen LogP contribution is 2.18. The zero-order chi connectivity index (χ0) is 14.8. The molecule has 21 heavy (non-hydrogen) atoms. The summed E-state index contributed by atoms with van der Waals surface area (Å²) in [5, 5.41) is 8.18. The molecule has 7 nitrogen and oxygen atoms in total. The molecule has 0 radical (unpaired) electrons. The number of ether oxygens (including phenoxy) is 1. The van der Waals surface area contributed by atoms with Crippen LogP contribution in [0.3, 0.4) is 0 Å². The normalized spacial score (nSPS) is 19.0. The van der Waals surface area contributed by atoms with E-state index in [-0.39, 0.29) is 5.97 Å². The second-order valence-electron chi connectivity index (χ2n) is 4.73. The second-order valence-corrected chi connectivity index (χ2v) is 5.16. The molecule has 3 heterocycles. The second kappa shape index (κ2) is 5.87. The lowest BCUT2D eigenvalue weighted by atomic mass is 10.2. The van der Waals surface area contributed by atoms with Crippen molar-refractivity contribution in [3.05, 3.63) is 23.4 Å². The van der Waals surface area contributed by atoms with Crippen molar-refractivity contribution in [2.75, 3.05) is 31.1 Å². The van der Waals surface area contributed by atoms with Crippen LogP contribution in [-0.2, 0) is 9.53 Å². The maximum atomic E-state index is 12.1. The van der Waals surface area contributed by atoms with Crippen LogP contribution in [0.1, 0.15) is 6.92 Å². The van der Waals surface area contributed by atoms with Gasteiger partial charge in [0.15, 0.2) is 5.65 Å². The lowest BCUT2D eigenvalue weighted by molar-refractivity contribution is -0.144. The number of halogens is 1. The first kappa shape index (κ1) is 14.1. The number of aromatic nitrogens is 3. The number of carbonyl (C=O) groups is 1. The van der Waals surface area contributed by atoms with Crippen LogP contribution in [0.5, 0.6) is 0 Å². The molecule has 2 aromatic rings. The molecular formula is C13H16ClN5O2. The van der Waals surface area contributed by atoms with Gasteiger partial charge in [-0.2, -0.15) is 4.98 Å². The molecule has 3 rings (SSSR count). The van der Waals surface area contributed by atoms with E-state index in [0.717, 1.165) is 6.54 Å². The SMILES string of the molecule is CCOC(=O)C1CNCCN1c1nc2ccc(Cl)cn2n1. The topological polar surface area (TPSA) is 71.8 Å². The number of anilines is 1. The molecule has 8 heteroatoms. The van der Waals surface area contributed by atoms with E-state index in [0.29, 0.717) is 36.3 Å². The number of piperazine rings is 1. The maximum Gasteiger partial charge on any atom is 0.330 e. The van der Waals surface area contributed by atoms with Gasteiger partial charge in [-0.1, -0.05) is 11.6 Å². The molecule has 0 saturated carbocycles. The Hall–Kier alpha value is -1.86. The Labute approximate surface area is 126 Å². The molecule has 0 spiro atoms. The molecule has 0 aromatic carbocycles. The van der Waals surface area contributed by atoms with Gasteiger partial charge in [0.25, 0.3) is 0 Å². The van der Waals surface area contributed by atoms with Crippen LogP contribution in [0.15, 0.2) is 18.3 Å². The van der Waals surface area contributed by atoms with Crippen LogP contribution in [0.4, 0.5) is 5.95 Å². The standard InChI is InChI=1S/C13H16ClN5O2/c1-2-21-12(20)10-7-15-5-6-18(10)13-16-11-4-3-9(14)8-19(11)17-13/h3-4,8,10,15H,2,5-7H2,1H3. The molecule has 1 aliphatic rings. The van der Waals surface area contributed by atoms with E-state index in [2.05, 4.69) is 15.4 Å². The molecule has 1 unspecified atom stereocenters. The molecule has 0 amide bonds. The number of pyridine rings is 1. The number of nitrogens with zero attached hydrogens (tertiary/aromatic N) is 4. The fourth-order valence-corrected chi connectivity index (χ4v) is 2.52. The van der Waals surface area contributed by atoms with Gasteiger partial charge in [-0.05, 0) is 19.1 Å². The number of fused-ring (bicyclic) bond motifs is 1. The van der Waals surface area contributed by atoms with Crippen molar-refractivity contribution in [2.24, 2.45) is 0 Å². The summed E-state index contributed by atoms with van der Waals surface area (Å²) in [4.78, 5) is 18.4. The lowest BCUT2D eigenvalue weighted by Crippen LogP contribution is -2.56. The Morgan fingerprint density at radius 1 is 1.57 bits per heavy atom. The first-order valence-corrected chi connectivity index (χ1v) is 7.23. The highest BCUT2D eigenvalue weighted by Gasteiger charge is 2.32. The Kier molecular flexibility index (Phi) is 3.94. The fourth-order valence-electron chi connectivity index (χ4n) is 2.36. The zero-order valence-electron chi connectivity index (χ0n) is 11.6. The van der Waals surface area contributed by atoms with Gasteiger partial charge < -0.3 is 15.0 Å². The van der Waals surface area contributed by atoms with Crippen LogP contribution >= 0.6 is 11.6 Å². The van der Waals surface area contributed by atoms with E-state index in [9.17, 15) is 4.79 Å². The summed E-state index contributed by atoms with van der Waals surface area (Å²) < 4.78 is 6.74. The number of hydrogen-bond acceptors (Lipinski definition) is 6. The van der Waals surface area contributed by atoms with E-state index in [4.69, 9.17) is 16.3 Å². The quantitative estimate of drug-likeness (QED) is 0.843. The minimum Gasteiger partial charge on any atom is -0.464 e. The van der Waals surface area contributed by atoms with Crippen molar-refractivity contribution in [3.63, 3.8) is 0 Å². The van der Waals surface area contributed by atoms with Crippen molar-refractivity contribution in [2.45, 2.75) is 13.0 Å². The van der Waals surface area contributed by atoms with Crippen molar-refractivity contribution in [3.8, 4) is 0 Å². The van der Waals surface area contributed by atoms with Crippen molar-refractivity contribution in [1.82, 2.24) is 19.9 Å². The molecule has 1 N–H and O–H groups in total. The maximum absolute atomic E-state index is 12.1. The summed E-state index contributed by atoms with van der Waals surface area (Å²) in [5.74, 6) is 0.249. The van der Waals surface area contributed by atoms with Crippen LogP contribution in [-0.4, -0.2) is 52.9 Å². The number of esters is 1. The lowest BCUT2D eigenvalue weighted by Gasteiger charge is -2.33. The van der Waals surface area contributed by atoms with Crippen LogP contribution in [0, 0.1) is 0 Å². The predicted octanol–water partition coefficient (Wildman–Crippen LogP) is 0.724. The van der Waals surface area contributed by atoms with E-state index >= 15 is 0 Å². The first-order valence-electron chi connectivity index (χ1n) is 6.85. The average Bonchev–Trinajstić information content (AvgIpc) is 2.90. The third-order valence-electron chi connectivity index (χ3n) is 3.34. The minimum absolute atomic E-state index is 0.262. The minimum atomic E-state index is -0.411. The van der Waals surface area contributed by atoms with Gasteiger partial charge in [0.1, 0.15) is 6.04 Å². The highest BCUT2D eigenvalue weighted by atomic mass is 35.5. The van der Waals surface area contributed by atoms with E-state index in [1.807, 2.05) is 4.90 Å². The van der Waals surface area contributed by atoms with Gasteiger partial charge in [-0.25, -0.2) is 9.31 Å². The summed E-state index contributed by atoms with van der Waals surface area (Å²) in [6, 6.07) is 3.14. The Morgan fingerprint density at radius 2 is 2.43 bits per heavy atom. The average molecular weight is 310 g/mol. The monoisotopic (exact) mass is 309 g/mol. The highest BCUT2D eigenvalue weighted by molar-refractivity contribution is 6.30. The molecule has 1 fully saturated rings. The van der Waals surface area contributed by atoms with Crippen LogP contribution in [0.2, 0.25) is 5.02 Å². The third kappa shape index (κ3) is 2.79. The molecule has 2 aromatic heterocycles. The third-order valence-corrected chi connectivity index (χ3v) is 3.57. The fraction of sp³-hybridized carbons (Fsp3) is 0.462. The van der Waals surface area contributed by atoms with Crippen LogP contribution < -0.4 is 10.2 Å². The van der Waals surface area contributed by atoms with Gasteiger partial charge >= 0.3 is 5.97 Å². The van der Waals surface area contributed by atoms with Crippen molar-refractivity contribution in [1.29, 1.82) is 0 Å². The summed E-state index contributed by atoms with van der Waals surface area (Å²) in [5.41, 5.74) is 0.690. The molecule has 1 aliphatic heterocycles. The van der Waals surface area contributed by atoms with Crippen LogP contribution in [0.25, 0.3) is 5.65 Å². The molecule has 1 atom stereocenters. The van der Waals surface area contributed by atoms with Gasteiger partial charge in [-0.15, -0.1) is 5.10 Å². The molecule has 0 bridgehead atoms. The van der Waals surface area contributed by atoms with Gasteiger partial charge in [0, 0.05) is 25.8 Å². The predicted molar refractivity (Wildman–Crippen MR) is 78.6 cm³/mol. The Bertz CT molecular complexity index is 659. The molecule has 0 aliphatic carbocycles. The zero-order valence-corrected chi connectivity index (χ0v) is 12.4. The van der Waals surface area contributed by atoms with Gasteiger partial charge in [-0.3, -0.25) is 0 Å². The molecule has 1 saturated heterocycles. The molecule has 112 valence electrons. The summed E-state index contributed by atoms with van der Waals surface area (Å²) in [7, 11) is 0. The van der Waals surface area contributed by atoms with E-state index < -0.39 is 6.04 Å². The van der Waals surface area contributed by atoms with Crippen molar-refractivity contribution < 1.29 is 9.53 Å². The summed E-state index contributed by atoms with van der Waals surface area (Å²) in [6.07, 6.45) is 1.69. The number of rotatable bonds is 3. The smallest absolute Gasteiger partial charge is 0.330 e. The van der Waals surface area contributed by atoms with E-state index in [1.54, 1.807) is 29.8 Å².